The lowest BCUT2D eigenvalue weighted by molar-refractivity contribution is 0.469. The van der Waals surface area contributed by atoms with Gasteiger partial charge < -0.3 is 5.11 Å². The molecule has 2 N–H and O–H groups in total. The van der Waals surface area contributed by atoms with Crippen LogP contribution < -0.4 is 5.43 Å². The van der Waals surface area contributed by atoms with E-state index in [1.165, 1.54) is 29.7 Å². The molecule has 6 heteroatoms. The van der Waals surface area contributed by atoms with Crippen LogP contribution in [0.15, 0.2) is 59.0 Å². The van der Waals surface area contributed by atoms with Crippen molar-refractivity contribution in [2.45, 2.75) is 0 Å². The van der Waals surface area contributed by atoms with E-state index in [4.69, 9.17) is 5.11 Å². The molecule has 1 heterocycles. The first-order chi connectivity index (χ1) is 10.7. The van der Waals surface area contributed by atoms with E-state index in [2.05, 4.69) is 15.5 Å². The van der Waals surface area contributed by atoms with Crippen LogP contribution >= 0.6 is 11.3 Å². The van der Waals surface area contributed by atoms with Crippen molar-refractivity contribution in [2.24, 2.45) is 5.10 Å². The molecule has 0 saturated carbocycles. The molecule has 110 valence electrons. The van der Waals surface area contributed by atoms with Gasteiger partial charge in [-0.15, -0.1) is 11.3 Å². The van der Waals surface area contributed by atoms with E-state index in [9.17, 15) is 4.39 Å². The second-order valence-electron chi connectivity index (χ2n) is 4.48. The van der Waals surface area contributed by atoms with Crippen LogP contribution in [-0.4, -0.2) is 16.3 Å². The van der Waals surface area contributed by atoms with Crippen molar-refractivity contribution in [3.63, 3.8) is 0 Å². The van der Waals surface area contributed by atoms with E-state index in [0.717, 1.165) is 17.3 Å². The molecule has 3 rings (SSSR count). The predicted molar refractivity (Wildman–Crippen MR) is 86.8 cm³/mol. The van der Waals surface area contributed by atoms with Crippen molar-refractivity contribution < 1.29 is 9.50 Å². The topological polar surface area (TPSA) is 57.5 Å². The minimum Gasteiger partial charge on any atom is -0.508 e. The van der Waals surface area contributed by atoms with Gasteiger partial charge >= 0.3 is 0 Å². The molecule has 1 aromatic heterocycles. The third kappa shape index (κ3) is 3.29. The van der Waals surface area contributed by atoms with Crippen molar-refractivity contribution in [2.75, 3.05) is 5.43 Å². The largest absolute Gasteiger partial charge is 0.508 e. The second kappa shape index (κ2) is 6.36. The number of nitrogens with one attached hydrogen (secondary N) is 1. The molecule has 0 radical (unpaired) electrons. The molecular weight excluding hydrogens is 301 g/mol. The zero-order chi connectivity index (χ0) is 15.4. The number of hydrogen-bond donors (Lipinski definition) is 2. The number of aromatic hydroxyl groups is 1. The van der Waals surface area contributed by atoms with E-state index >= 15 is 0 Å². The molecular formula is C16H12FN3OS. The fraction of sp³-hybridized carbons (Fsp3) is 0. The smallest absolute Gasteiger partial charge is 0.203 e. The quantitative estimate of drug-likeness (QED) is 0.563. The molecule has 0 aliphatic heterocycles. The van der Waals surface area contributed by atoms with Gasteiger partial charge in [0, 0.05) is 22.6 Å². The highest BCUT2D eigenvalue weighted by Crippen LogP contribution is 2.24. The Morgan fingerprint density at radius 1 is 1.18 bits per heavy atom. The van der Waals surface area contributed by atoms with Crippen LogP contribution in [0.1, 0.15) is 5.56 Å². The van der Waals surface area contributed by atoms with Crippen molar-refractivity contribution >= 4 is 22.7 Å². The lowest BCUT2D eigenvalue weighted by atomic mass is 10.2. The summed E-state index contributed by atoms with van der Waals surface area (Å²) in [6.45, 7) is 0. The van der Waals surface area contributed by atoms with Crippen LogP contribution in [-0.2, 0) is 0 Å². The molecule has 0 spiro atoms. The van der Waals surface area contributed by atoms with Gasteiger partial charge in [-0.05, 0) is 12.1 Å². The number of anilines is 1. The third-order valence-electron chi connectivity index (χ3n) is 2.92. The average Bonchev–Trinajstić information content (AvgIpc) is 2.99. The summed E-state index contributed by atoms with van der Waals surface area (Å²) in [4.78, 5) is 4.41. The number of thiazole rings is 1. The molecule has 4 nitrogen and oxygen atoms in total. The number of aromatic nitrogens is 1. The second-order valence-corrected chi connectivity index (χ2v) is 5.34. The standard InChI is InChI=1S/C16H12FN3OS/c17-14-8-13(21)7-6-12(14)9-18-20-16-19-15(10-22-16)11-4-2-1-3-5-11/h1-10,21H,(H,19,20). The summed E-state index contributed by atoms with van der Waals surface area (Å²) in [7, 11) is 0. The Bertz CT molecular complexity index is 802. The Morgan fingerprint density at radius 3 is 2.77 bits per heavy atom. The average molecular weight is 313 g/mol. The molecule has 0 bridgehead atoms. The Balaban J connectivity index is 1.69. The van der Waals surface area contributed by atoms with Gasteiger partial charge in [-0.2, -0.15) is 5.10 Å². The van der Waals surface area contributed by atoms with Crippen LogP contribution in [0.25, 0.3) is 11.3 Å². The van der Waals surface area contributed by atoms with Crippen LogP contribution in [0.5, 0.6) is 5.75 Å². The number of nitrogens with zero attached hydrogens (tertiary/aromatic N) is 2. The maximum atomic E-state index is 13.5. The van der Waals surface area contributed by atoms with Gasteiger partial charge in [0.1, 0.15) is 11.6 Å². The van der Waals surface area contributed by atoms with Crippen LogP contribution in [0, 0.1) is 5.82 Å². The Kier molecular flexibility index (Phi) is 4.11. The number of phenolic OH excluding ortho intramolecular Hbond substituents is 1. The number of phenols is 1. The monoisotopic (exact) mass is 313 g/mol. The van der Waals surface area contributed by atoms with E-state index < -0.39 is 5.82 Å². The van der Waals surface area contributed by atoms with E-state index in [1.807, 2.05) is 35.7 Å². The summed E-state index contributed by atoms with van der Waals surface area (Å²) in [6.07, 6.45) is 1.35. The normalized spacial score (nSPS) is 11.0. The zero-order valence-corrected chi connectivity index (χ0v) is 12.2. The molecule has 2 aromatic carbocycles. The van der Waals surface area contributed by atoms with Gasteiger partial charge in [0.25, 0.3) is 0 Å². The molecule has 0 unspecified atom stereocenters. The Labute approximate surface area is 130 Å². The Hall–Kier alpha value is -2.73. The van der Waals surface area contributed by atoms with E-state index in [0.29, 0.717) is 5.13 Å². The van der Waals surface area contributed by atoms with Gasteiger partial charge in [0.05, 0.1) is 11.9 Å². The van der Waals surface area contributed by atoms with Crippen molar-refractivity contribution in [1.82, 2.24) is 4.98 Å². The first kappa shape index (κ1) is 14.2. The first-order valence-corrected chi connectivity index (χ1v) is 7.39. The van der Waals surface area contributed by atoms with Crippen molar-refractivity contribution in [3.05, 3.63) is 65.3 Å². The molecule has 0 aliphatic carbocycles. The fourth-order valence-corrected chi connectivity index (χ4v) is 2.51. The molecule has 0 fully saturated rings. The third-order valence-corrected chi connectivity index (χ3v) is 3.67. The lowest BCUT2D eigenvalue weighted by Gasteiger charge is -1.98. The molecule has 0 atom stereocenters. The number of hydrazone groups is 1. The maximum Gasteiger partial charge on any atom is 0.203 e. The number of benzene rings is 2. The van der Waals surface area contributed by atoms with E-state index in [-0.39, 0.29) is 11.3 Å². The van der Waals surface area contributed by atoms with Crippen LogP contribution in [0.4, 0.5) is 9.52 Å². The predicted octanol–water partition coefficient (Wildman–Crippen LogP) is 4.10. The molecule has 3 aromatic rings. The van der Waals surface area contributed by atoms with Gasteiger partial charge in [-0.25, -0.2) is 9.37 Å². The summed E-state index contributed by atoms with van der Waals surface area (Å²) in [5.41, 5.74) is 4.94. The van der Waals surface area contributed by atoms with Gasteiger partial charge in [0.15, 0.2) is 0 Å². The summed E-state index contributed by atoms with van der Waals surface area (Å²) < 4.78 is 13.5. The van der Waals surface area contributed by atoms with Gasteiger partial charge in [-0.1, -0.05) is 30.3 Å². The number of halogens is 1. The molecule has 22 heavy (non-hydrogen) atoms. The minimum atomic E-state index is -0.533. The highest BCUT2D eigenvalue weighted by Gasteiger charge is 2.03. The highest BCUT2D eigenvalue weighted by molar-refractivity contribution is 7.14. The maximum absolute atomic E-state index is 13.5. The van der Waals surface area contributed by atoms with Crippen molar-refractivity contribution in [3.8, 4) is 17.0 Å². The summed E-state index contributed by atoms with van der Waals surface area (Å²) in [6, 6.07) is 13.7. The minimum absolute atomic E-state index is 0.116. The molecule has 0 amide bonds. The SMILES string of the molecule is Oc1ccc(C=NNc2nc(-c3ccccc3)cs2)c(F)c1. The highest BCUT2D eigenvalue weighted by atomic mass is 32.1. The van der Waals surface area contributed by atoms with Crippen LogP contribution in [0.3, 0.4) is 0 Å². The first-order valence-electron chi connectivity index (χ1n) is 6.51. The van der Waals surface area contributed by atoms with E-state index in [1.54, 1.807) is 0 Å². The number of rotatable bonds is 4. The number of hydrogen-bond acceptors (Lipinski definition) is 5. The van der Waals surface area contributed by atoms with Gasteiger partial charge in [-0.3, -0.25) is 5.43 Å². The summed E-state index contributed by atoms with van der Waals surface area (Å²) in [5.74, 6) is -0.648. The van der Waals surface area contributed by atoms with Gasteiger partial charge in [0.2, 0.25) is 5.13 Å². The summed E-state index contributed by atoms with van der Waals surface area (Å²) >= 11 is 1.42. The molecule has 0 aliphatic rings. The Morgan fingerprint density at radius 2 is 2.00 bits per heavy atom. The van der Waals surface area contributed by atoms with Crippen molar-refractivity contribution in [1.29, 1.82) is 0 Å². The zero-order valence-electron chi connectivity index (χ0n) is 11.4. The fourth-order valence-electron chi connectivity index (χ4n) is 1.84. The van der Waals surface area contributed by atoms with Crippen LogP contribution in [0.2, 0.25) is 0 Å². The summed E-state index contributed by atoms with van der Waals surface area (Å²) in [5, 5.41) is 15.6. The lowest BCUT2D eigenvalue weighted by Crippen LogP contribution is -1.92. The molecule has 0 saturated heterocycles.